The summed E-state index contributed by atoms with van der Waals surface area (Å²) in [4.78, 5) is 0. The Labute approximate surface area is 103 Å². The number of phenols is 1. The number of hydrogen-bond acceptors (Lipinski definition) is 2. The zero-order chi connectivity index (χ0) is 12.4. The molecule has 2 rings (SSSR count). The van der Waals surface area contributed by atoms with Crippen molar-refractivity contribution in [1.82, 2.24) is 0 Å². The summed E-state index contributed by atoms with van der Waals surface area (Å²) in [5.41, 5.74) is 2.37. The second-order valence-electron chi connectivity index (χ2n) is 5.36. The maximum absolute atomic E-state index is 9.89. The van der Waals surface area contributed by atoms with Crippen LogP contribution < -0.4 is 0 Å². The molecule has 1 aromatic rings. The van der Waals surface area contributed by atoms with Crippen molar-refractivity contribution < 1.29 is 10.2 Å². The van der Waals surface area contributed by atoms with Crippen LogP contribution in [-0.2, 0) is 12.8 Å². The largest absolute Gasteiger partial charge is 0.508 e. The van der Waals surface area contributed by atoms with E-state index in [9.17, 15) is 10.2 Å². The van der Waals surface area contributed by atoms with E-state index in [1.165, 1.54) is 5.56 Å². The Kier molecular flexibility index (Phi) is 3.72. The maximum Gasteiger partial charge on any atom is 0.119 e. The molecule has 0 fully saturated rings. The van der Waals surface area contributed by atoms with Gasteiger partial charge in [-0.05, 0) is 54.7 Å². The summed E-state index contributed by atoms with van der Waals surface area (Å²) in [6.07, 6.45) is 3.39. The Morgan fingerprint density at radius 1 is 1.35 bits per heavy atom. The quantitative estimate of drug-likeness (QED) is 0.844. The molecule has 0 aliphatic heterocycles. The minimum atomic E-state index is -0.199. The minimum absolute atomic E-state index is 0.199. The fourth-order valence-corrected chi connectivity index (χ4v) is 2.86. The van der Waals surface area contributed by atoms with Crippen LogP contribution in [0.5, 0.6) is 5.75 Å². The highest BCUT2D eigenvalue weighted by Gasteiger charge is 2.28. The molecule has 1 aliphatic carbocycles. The number of aromatic hydroxyl groups is 1. The van der Waals surface area contributed by atoms with Crippen LogP contribution in [0.3, 0.4) is 0 Å². The monoisotopic (exact) mass is 234 g/mol. The van der Waals surface area contributed by atoms with Gasteiger partial charge in [0.1, 0.15) is 5.75 Å². The van der Waals surface area contributed by atoms with Crippen LogP contribution in [0.2, 0.25) is 0 Å². The van der Waals surface area contributed by atoms with Crippen molar-refractivity contribution in [1.29, 1.82) is 0 Å². The fraction of sp³-hybridized carbons (Fsp3) is 0.600. The molecule has 3 atom stereocenters. The molecule has 0 heterocycles. The molecular weight excluding hydrogens is 212 g/mol. The Balaban J connectivity index is 2.17. The Bertz CT molecular complexity index is 387. The molecule has 2 heteroatoms. The van der Waals surface area contributed by atoms with Gasteiger partial charge < -0.3 is 10.2 Å². The summed E-state index contributed by atoms with van der Waals surface area (Å²) in [5, 5.41) is 19.7. The SMILES string of the molecule is CC[C@H](O)C[C@@H]1Cc2c(O)cccc2C[C@@H]1C. The average molecular weight is 234 g/mol. The first-order valence-electron chi connectivity index (χ1n) is 6.59. The lowest BCUT2D eigenvalue weighted by molar-refractivity contribution is 0.119. The van der Waals surface area contributed by atoms with E-state index in [1.807, 2.05) is 13.0 Å². The predicted octanol–water partition coefficient (Wildman–Crippen LogP) is 2.90. The van der Waals surface area contributed by atoms with E-state index in [4.69, 9.17) is 0 Å². The molecule has 0 amide bonds. The molecule has 2 N–H and O–H groups in total. The average Bonchev–Trinajstić information content (AvgIpc) is 2.31. The van der Waals surface area contributed by atoms with Crippen LogP contribution in [0, 0.1) is 11.8 Å². The summed E-state index contributed by atoms with van der Waals surface area (Å²) in [7, 11) is 0. The molecule has 94 valence electrons. The van der Waals surface area contributed by atoms with Gasteiger partial charge in [-0.25, -0.2) is 0 Å². The number of benzene rings is 1. The van der Waals surface area contributed by atoms with Gasteiger partial charge in [-0.2, -0.15) is 0 Å². The van der Waals surface area contributed by atoms with Crippen molar-refractivity contribution >= 4 is 0 Å². The molecule has 17 heavy (non-hydrogen) atoms. The zero-order valence-electron chi connectivity index (χ0n) is 10.7. The molecule has 0 unspecified atom stereocenters. The molecule has 1 aliphatic rings. The molecule has 2 nitrogen and oxygen atoms in total. The number of aliphatic hydroxyl groups is 1. The van der Waals surface area contributed by atoms with Crippen LogP contribution >= 0.6 is 0 Å². The van der Waals surface area contributed by atoms with E-state index in [1.54, 1.807) is 6.07 Å². The third kappa shape index (κ3) is 2.63. The smallest absolute Gasteiger partial charge is 0.119 e. The van der Waals surface area contributed by atoms with Gasteiger partial charge in [-0.15, -0.1) is 0 Å². The highest BCUT2D eigenvalue weighted by molar-refractivity contribution is 5.41. The van der Waals surface area contributed by atoms with E-state index in [0.717, 1.165) is 31.2 Å². The van der Waals surface area contributed by atoms with Gasteiger partial charge in [-0.3, -0.25) is 0 Å². The van der Waals surface area contributed by atoms with Gasteiger partial charge in [0, 0.05) is 0 Å². The van der Waals surface area contributed by atoms with Crippen molar-refractivity contribution in [3.05, 3.63) is 29.3 Å². The normalized spacial score (nSPS) is 25.4. The molecule has 0 aromatic heterocycles. The van der Waals surface area contributed by atoms with Crippen LogP contribution in [0.4, 0.5) is 0 Å². The van der Waals surface area contributed by atoms with E-state index in [-0.39, 0.29) is 6.10 Å². The lowest BCUT2D eigenvalue weighted by Gasteiger charge is -2.32. The Hall–Kier alpha value is -1.02. The van der Waals surface area contributed by atoms with E-state index in [0.29, 0.717) is 17.6 Å². The van der Waals surface area contributed by atoms with Gasteiger partial charge in [0.05, 0.1) is 6.10 Å². The van der Waals surface area contributed by atoms with Gasteiger partial charge in [0.25, 0.3) is 0 Å². The number of aliphatic hydroxyl groups excluding tert-OH is 1. The Morgan fingerprint density at radius 2 is 2.12 bits per heavy atom. The number of phenolic OH excluding ortho intramolecular Hbond substituents is 1. The summed E-state index contributed by atoms with van der Waals surface area (Å²) in [6, 6.07) is 5.79. The second kappa shape index (κ2) is 5.09. The number of hydrogen-bond donors (Lipinski definition) is 2. The summed E-state index contributed by atoms with van der Waals surface area (Å²) in [6.45, 7) is 4.27. The second-order valence-corrected chi connectivity index (χ2v) is 5.36. The fourth-order valence-electron chi connectivity index (χ4n) is 2.86. The molecule has 1 aromatic carbocycles. The molecular formula is C15H22O2. The summed E-state index contributed by atoms with van der Waals surface area (Å²) >= 11 is 0. The van der Waals surface area contributed by atoms with E-state index in [2.05, 4.69) is 13.0 Å². The van der Waals surface area contributed by atoms with Crippen LogP contribution in [0.25, 0.3) is 0 Å². The van der Waals surface area contributed by atoms with Crippen LogP contribution in [0.15, 0.2) is 18.2 Å². The third-order valence-electron chi connectivity index (χ3n) is 4.11. The summed E-state index contributed by atoms with van der Waals surface area (Å²) < 4.78 is 0. The number of rotatable bonds is 3. The van der Waals surface area contributed by atoms with Crippen molar-refractivity contribution in [3.8, 4) is 5.75 Å². The highest BCUT2D eigenvalue weighted by Crippen LogP contribution is 2.36. The van der Waals surface area contributed by atoms with Crippen LogP contribution in [-0.4, -0.2) is 16.3 Å². The minimum Gasteiger partial charge on any atom is -0.508 e. The molecule has 0 saturated carbocycles. The zero-order valence-corrected chi connectivity index (χ0v) is 10.7. The Morgan fingerprint density at radius 3 is 2.82 bits per heavy atom. The van der Waals surface area contributed by atoms with Crippen molar-refractivity contribution in [2.45, 2.75) is 45.6 Å². The maximum atomic E-state index is 9.89. The van der Waals surface area contributed by atoms with E-state index >= 15 is 0 Å². The van der Waals surface area contributed by atoms with Gasteiger partial charge in [-0.1, -0.05) is 26.0 Å². The standard InChI is InChI=1S/C15H22O2/c1-3-13(16)8-12-9-14-11(7-10(12)2)5-4-6-15(14)17/h4-6,10,12-13,16-17H,3,7-9H2,1-2H3/t10-,12+,13-/m0/s1. The first kappa shape index (κ1) is 12.4. The molecule has 0 radical (unpaired) electrons. The molecule has 0 spiro atoms. The van der Waals surface area contributed by atoms with Crippen LogP contribution in [0.1, 0.15) is 37.8 Å². The van der Waals surface area contributed by atoms with E-state index < -0.39 is 0 Å². The van der Waals surface area contributed by atoms with Crippen molar-refractivity contribution in [2.24, 2.45) is 11.8 Å². The topological polar surface area (TPSA) is 40.5 Å². The number of fused-ring (bicyclic) bond motifs is 1. The lowest BCUT2D eigenvalue weighted by Crippen LogP contribution is -2.27. The predicted molar refractivity (Wildman–Crippen MR) is 69.1 cm³/mol. The van der Waals surface area contributed by atoms with Crippen molar-refractivity contribution in [3.63, 3.8) is 0 Å². The van der Waals surface area contributed by atoms with Gasteiger partial charge >= 0.3 is 0 Å². The molecule has 0 saturated heterocycles. The van der Waals surface area contributed by atoms with Gasteiger partial charge in [0.15, 0.2) is 0 Å². The molecule has 0 bridgehead atoms. The van der Waals surface area contributed by atoms with Crippen molar-refractivity contribution in [2.75, 3.05) is 0 Å². The third-order valence-corrected chi connectivity index (χ3v) is 4.11. The lowest BCUT2D eigenvalue weighted by atomic mass is 9.74. The first-order chi connectivity index (χ1) is 8.11. The highest BCUT2D eigenvalue weighted by atomic mass is 16.3. The van der Waals surface area contributed by atoms with Gasteiger partial charge in [0.2, 0.25) is 0 Å². The summed E-state index contributed by atoms with van der Waals surface area (Å²) in [5.74, 6) is 1.50. The first-order valence-corrected chi connectivity index (χ1v) is 6.59.